The molecule has 0 unspecified atom stereocenters. The van der Waals surface area contributed by atoms with Crippen molar-refractivity contribution < 1.29 is 14.3 Å². The average Bonchev–Trinajstić information content (AvgIpc) is 2.44. The van der Waals surface area contributed by atoms with Gasteiger partial charge in [0.1, 0.15) is 11.5 Å². The second-order valence-electron chi connectivity index (χ2n) is 4.19. The van der Waals surface area contributed by atoms with Crippen molar-refractivity contribution in [3.63, 3.8) is 0 Å². The second-order valence-corrected chi connectivity index (χ2v) is 4.19. The fraction of sp³-hybridized carbons (Fsp3) is 0.267. The molecule has 0 aliphatic carbocycles. The smallest absolute Gasteiger partial charge is 0.412 e. The highest BCUT2D eigenvalue weighted by molar-refractivity contribution is 5.86. The van der Waals surface area contributed by atoms with Gasteiger partial charge in [-0.25, -0.2) is 4.79 Å². The van der Waals surface area contributed by atoms with Gasteiger partial charge >= 0.3 is 6.09 Å². The number of carbonyl (C=O) groups excluding carboxylic acids is 1. The molecule has 0 fully saturated rings. The SMILES string of the molecule is CCCNC(=O)Oc1ccc2ccc(OC)cc2c1. The summed E-state index contributed by atoms with van der Waals surface area (Å²) >= 11 is 0. The van der Waals surface area contributed by atoms with E-state index in [1.165, 1.54) is 0 Å². The lowest BCUT2D eigenvalue weighted by atomic mass is 10.1. The Labute approximate surface area is 112 Å². The van der Waals surface area contributed by atoms with E-state index in [4.69, 9.17) is 9.47 Å². The van der Waals surface area contributed by atoms with Crippen molar-refractivity contribution in [2.24, 2.45) is 0 Å². The van der Waals surface area contributed by atoms with Gasteiger partial charge < -0.3 is 14.8 Å². The zero-order valence-electron chi connectivity index (χ0n) is 11.1. The van der Waals surface area contributed by atoms with Crippen LogP contribution in [-0.4, -0.2) is 19.7 Å². The predicted octanol–water partition coefficient (Wildman–Crippen LogP) is 3.35. The number of fused-ring (bicyclic) bond motifs is 1. The van der Waals surface area contributed by atoms with Gasteiger partial charge in [0, 0.05) is 6.54 Å². The lowest BCUT2D eigenvalue weighted by Crippen LogP contribution is -2.27. The van der Waals surface area contributed by atoms with Gasteiger partial charge in [0.2, 0.25) is 0 Å². The molecule has 0 saturated heterocycles. The van der Waals surface area contributed by atoms with E-state index in [1.807, 2.05) is 37.3 Å². The standard InChI is InChI=1S/C15H17NO3/c1-3-8-16-15(17)19-14-7-5-11-4-6-13(18-2)9-12(11)10-14/h4-7,9-10H,3,8H2,1-2H3,(H,16,17). The van der Waals surface area contributed by atoms with Crippen molar-refractivity contribution in [1.29, 1.82) is 0 Å². The quantitative estimate of drug-likeness (QED) is 0.916. The summed E-state index contributed by atoms with van der Waals surface area (Å²) < 4.78 is 10.4. The molecule has 0 aromatic heterocycles. The van der Waals surface area contributed by atoms with Crippen LogP contribution in [-0.2, 0) is 0 Å². The molecule has 4 nitrogen and oxygen atoms in total. The van der Waals surface area contributed by atoms with Gasteiger partial charge in [-0.1, -0.05) is 19.1 Å². The summed E-state index contributed by atoms with van der Waals surface area (Å²) in [7, 11) is 1.62. The zero-order valence-corrected chi connectivity index (χ0v) is 11.1. The molecular weight excluding hydrogens is 242 g/mol. The Morgan fingerprint density at radius 2 is 1.79 bits per heavy atom. The first kappa shape index (κ1) is 13.2. The van der Waals surface area contributed by atoms with E-state index < -0.39 is 6.09 Å². The van der Waals surface area contributed by atoms with Gasteiger partial charge in [-0.05, 0) is 41.5 Å². The number of hydrogen-bond acceptors (Lipinski definition) is 3. The Morgan fingerprint density at radius 3 is 2.47 bits per heavy atom. The summed E-state index contributed by atoms with van der Waals surface area (Å²) in [6.45, 7) is 2.60. The monoisotopic (exact) mass is 259 g/mol. The molecule has 1 amide bonds. The summed E-state index contributed by atoms with van der Waals surface area (Å²) in [5, 5.41) is 4.71. The molecule has 0 aliphatic heterocycles. The van der Waals surface area contributed by atoms with Crippen molar-refractivity contribution in [1.82, 2.24) is 5.32 Å². The number of benzene rings is 2. The van der Waals surface area contributed by atoms with Crippen molar-refractivity contribution >= 4 is 16.9 Å². The van der Waals surface area contributed by atoms with E-state index in [1.54, 1.807) is 13.2 Å². The van der Waals surface area contributed by atoms with Crippen LogP contribution in [0.2, 0.25) is 0 Å². The Bertz CT molecular complexity index is 581. The summed E-state index contributed by atoms with van der Waals surface area (Å²) in [6.07, 6.45) is 0.452. The third kappa shape index (κ3) is 3.37. The largest absolute Gasteiger partial charge is 0.497 e. The van der Waals surface area contributed by atoms with E-state index in [2.05, 4.69) is 5.32 Å². The van der Waals surface area contributed by atoms with Gasteiger partial charge in [0.15, 0.2) is 0 Å². The maximum absolute atomic E-state index is 11.5. The fourth-order valence-corrected chi connectivity index (χ4v) is 1.76. The van der Waals surface area contributed by atoms with Crippen LogP contribution in [0, 0.1) is 0 Å². The van der Waals surface area contributed by atoms with Crippen LogP contribution >= 0.6 is 0 Å². The fourth-order valence-electron chi connectivity index (χ4n) is 1.76. The lowest BCUT2D eigenvalue weighted by Gasteiger charge is -2.07. The molecule has 0 atom stereocenters. The van der Waals surface area contributed by atoms with Crippen molar-refractivity contribution in [3.8, 4) is 11.5 Å². The highest BCUT2D eigenvalue weighted by Crippen LogP contribution is 2.24. The van der Waals surface area contributed by atoms with E-state index in [9.17, 15) is 4.79 Å². The van der Waals surface area contributed by atoms with Crippen LogP contribution in [0.3, 0.4) is 0 Å². The highest BCUT2D eigenvalue weighted by atomic mass is 16.6. The number of nitrogens with one attached hydrogen (secondary N) is 1. The van der Waals surface area contributed by atoms with Gasteiger partial charge in [-0.15, -0.1) is 0 Å². The Hall–Kier alpha value is -2.23. The maximum Gasteiger partial charge on any atom is 0.412 e. The first-order valence-electron chi connectivity index (χ1n) is 6.26. The van der Waals surface area contributed by atoms with Crippen LogP contribution in [0.1, 0.15) is 13.3 Å². The van der Waals surface area contributed by atoms with Crippen molar-refractivity contribution in [2.75, 3.05) is 13.7 Å². The van der Waals surface area contributed by atoms with Crippen molar-refractivity contribution in [2.45, 2.75) is 13.3 Å². The normalized spacial score (nSPS) is 10.2. The van der Waals surface area contributed by atoms with Crippen LogP contribution in [0.15, 0.2) is 36.4 Å². The number of hydrogen-bond donors (Lipinski definition) is 1. The minimum Gasteiger partial charge on any atom is -0.497 e. The topological polar surface area (TPSA) is 47.6 Å². The summed E-state index contributed by atoms with van der Waals surface area (Å²) in [5.74, 6) is 1.30. The Kier molecular flexibility index (Phi) is 4.23. The summed E-state index contributed by atoms with van der Waals surface area (Å²) in [4.78, 5) is 11.5. The predicted molar refractivity (Wildman–Crippen MR) is 74.8 cm³/mol. The Morgan fingerprint density at radius 1 is 1.11 bits per heavy atom. The van der Waals surface area contributed by atoms with Crippen LogP contribution < -0.4 is 14.8 Å². The number of carbonyl (C=O) groups is 1. The van der Waals surface area contributed by atoms with Gasteiger partial charge in [0.25, 0.3) is 0 Å². The highest BCUT2D eigenvalue weighted by Gasteiger charge is 2.04. The van der Waals surface area contributed by atoms with Crippen LogP contribution in [0.4, 0.5) is 4.79 Å². The second kappa shape index (κ2) is 6.09. The molecule has 2 rings (SSSR count). The molecule has 19 heavy (non-hydrogen) atoms. The third-order valence-corrected chi connectivity index (χ3v) is 2.75. The van der Waals surface area contributed by atoms with E-state index in [-0.39, 0.29) is 0 Å². The molecule has 100 valence electrons. The molecule has 0 spiro atoms. The lowest BCUT2D eigenvalue weighted by molar-refractivity contribution is 0.200. The molecule has 0 heterocycles. The third-order valence-electron chi connectivity index (χ3n) is 2.75. The summed E-state index contributed by atoms with van der Waals surface area (Å²) in [5.41, 5.74) is 0. The average molecular weight is 259 g/mol. The van der Waals surface area contributed by atoms with Crippen molar-refractivity contribution in [3.05, 3.63) is 36.4 Å². The van der Waals surface area contributed by atoms with E-state index in [0.29, 0.717) is 12.3 Å². The first-order chi connectivity index (χ1) is 9.22. The van der Waals surface area contributed by atoms with Gasteiger partial charge in [-0.2, -0.15) is 0 Å². The summed E-state index contributed by atoms with van der Waals surface area (Å²) in [6, 6.07) is 11.3. The Balaban J connectivity index is 2.18. The molecular formula is C15H17NO3. The minimum atomic E-state index is -0.427. The molecule has 0 aliphatic rings. The molecule has 2 aromatic rings. The van der Waals surface area contributed by atoms with E-state index in [0.717, 1.165) is 22.9 Å². The molecule has 0 radical (unpaired) electrons. The molecule has 4 heteroatoms. The molecule has 0 saturated carbocycles. The molecule has 2 aromatic carbocycles. The zero-order chi connectivity index (χ0) is 13.7. The van der Waals surface area contributed by atoms with Crippen LogP contribution in [0.25, 0.3) is 10.8 Å². The molecule has 0 bridgehead atoms. The van der Waals surface area contributed by atoms with Gasteiger partial charge in [-0.3, -0.25) is 0 Å². The molecule has 1 N–H and O–H groups in total. The maximum atomic E-state index is 11.5. The van der Waals surface area contributed by atoms with Gasteiger partial charge in [0.05, 0.1) is 7.11 Å². The number of methoxy groups -OCH3 is 1. The van der Waals surface area contributed by atoms with E-state index >= 15 is 0 Å². The number of rotatable bonds is 4. The van der Waals surface area contributed by atoms with Crippen LogP contribution in [0.5, 0.6) is 11.5 Å². The first-order valence-corrected chi connectivity index (χ1v) is 6.26. The minimum absolute atomic E-state index is 0.427. The number of ether oxygens (including phenoxy) is 2. The number of amides is 1.